The highest BCUT2D eigenvalue weighted by molar-refractivity contribution is 5.95. The van der Waals surface area contributed by atoms with Crippen LogP contribution in [0.2, 0.25) is 0 Å². The van der Waals surface area contributed by atoms with Crippen molar-refractivity contribution in [2.45, 2.75) is 0 Å². The third-order valence-electron chi connectivity index (χ3n) is 2.91. The van der Waals surface area contributed by atoms with Gasteiger partial charge in [-0.25, -0.2) is 4.57 Å². The molecule has 3 rings (SSSR count). The summed E-state index contributed by atoms with van der Waals surface area (Å²) in [6.07, 6.45) is 0. The fraction of sp³-hybridized carbons (Fsp3) is 0.0769. The SMILES string of the molecule is [CH2-][c+]1[nH]c2cc3ccccc3cc2n1C. The fourth-order valence-corrected chi connectivity index (χ4v) is 1.99. The third-order valence-corrected chi connectivity index (χ3v) is 2.91. The molecule has 0 atom stereocenters. The normalized spacial score (nSPS) is 11.3. The highest BCUT2D eigenvalue weighted by Gasteiger charge is 2.10. The second kappa shape index (κ2) is 2.76. The molecular formula is C13H12N2. The summed E-state index contributed by atoms with van der Waals surface area (Å²) in [7, 11) is 2.02. The van der Waals surface area contributed by atoms with Gasteiger partial charge in [0.1, 0.15) is 0 Å². The summed E-state index contributed by atoms with van der Waals surface area (Å²) in [5, 5.41) is 2.52. The molecule has 74 valence electrons. The highest BCUT2D eigenvalue weighted by Crippen LogP contribution is 2.22. The quantitative estimate of drug-likeness (QED) is 0.533. The zero-order valence-corrected chi connectivity index (χ0v) is 8.62. The van der Waals surface area contributed by atoms with Crippen LogP contribution in [0, 0.1) is 6.92 Å². The number of imidazole rings is 1. The summed E-state index contributed by atoms with van der Waals surface area (Å²) in [5.41, 5.74) is 2.33. The minimum Gasteiger partial charge on any atom is -0.281 e. The Morgan fingerprint density at radius 3 is 2.60 bits per heavy atom. The van der Waals surface area contributed by atoms with Gasteiger partial charge >= 0.3 is 0 Å². The van der Waals surface area contributed by atoms with Crippen LogP contribution in [0.1, 0.15) is 5.82 Å². The molecule has 3 aromatic rings. The first-order chi connectivity index (χ1) is 7.25. The summed E-state index contributed by atoms with van der Waals surface area (Å²) < 4.78 is 2.07. The predicted octanol–water partition coefficient (Wildman–Crippen LogP) is 3.12. The van der Waals surface area contributed by atoms with Crippen molar-refractivity contribution in [3.63, 3.8) is 0 Å². The van der Waals surface area contributed by atoms with Gasteiger partial charge in [-0.2, -0.15) is 0 Å². The lowest BCUT2D eigenvalue weighted by Gasteiger charge is -1.94. The Hall–Kier alpha value is -1.96. The lowest BCUT2D eigenvalue weighted by atomic mass is 10.1. The van der Waals surface area contributed by atoms with Crippen molar-refractivity contribution in [1.82, 2.24) is 9.55 Å². The molecule has 0 aliphatic rings. The molecular weight excluding hydrogens is 184 g/mol. The maximum atomic E-state index is 3.96. The van der Waals surface area contributed by atoms with Crippen molar-refractivity contribution in [1.29, 1.82) is 0 Å². The average molecular weight is 196 g/mol. The van der Waals surface area contributed by atoms with Gasteiger partial charge in [-0.1, -0.05) is 24.3 Å². The van der Waals surface area contributed by atoms with Crippen LogP contribution in [0.15, 0.2) is 36.4 Å². The maximum absolute atomic E-state index is 3.96. The van der Waals surface area contributed by atoms with E-state index < -0.39 is 0 Å². The van der Waals surface area contributed by atoms with Crippen LogP contribution in [0.3, 0.4) is 0 Å². The van der Waals surface area contributed by atoms with Gasteiger partial charge in [0.05, 0.1) is 5.82 Å². The number of aromatic nitrogens is 2. The zero-order valence-electron chi connectivity index (χ0n) is 8.62. The maximum Gasteiger partial charge on any atom is 0.209 e. The smallest absolute Gasteiger partial charge is 0.209 e. The molecule has 2 heteroatoms. The van der Waals surface area contributed by atoms with Crippen molar-refractivity contribution >= 4 is 21.8 Å². The van der Waals surface area contributed by atoms with Gasteiger partial charge in [0, 0.05) is 19.2 Å². The highest BCUT2D eigenvalue weighted by atomic mass is 15.0. The molecule has 2 nitrogen and oxygen atoms in total. The van der Waals surface area contributed by atoms with Gasteiger partial charge in [-0.15, -0.1) is 0 Å². The Labute approximate surface area is 88.2 Å². The van der Waals surface area contributed by atoms with Crippen molar-refractivity contribution in [3.8, 4) is 0 Å². The Balaban J connectivity index is 2.53. The number of benzene rings is 2. The van der Waals surface area contributed by atoms with Crippen LogP contribution in [0.5, 0.6) is 0 Å². The summed E-state index contributed by atoms with van der Waals surface area (Å²) in [6.45, 7) is 3.96. The lowest BCUT2D eigenvalue weighted by molar-refractivity contribution is 0.916. The van der Waals surface area contributed by atoms with Crippen molar-refractivity contribution in [3.05, 3.63) is 49.1 Å². The number of rotatable bonds is 0. The van der Waals surface area contributed by atoms with Crippen molar-refractivity contribution in [2.75, 3.05) is 0 Å². The summed E-state index contributed by atoms with van der Waals surface area (Å²) in [5.74, 6) is 0.931. The number of nitrogens with one attached hydrogen (secondary N) is 1. The Kier molecular flexibility index (Phi) is 1.54. The lowest BCUT2D eigenvalue weighted by Crippen LogP contribution is -1.89. The number of aromatic amines is 1. The Bertz CT molecular complexity index is 650. The largest absolute Gasteiger partial charge is 0.281 e. The first-order valence-corrected chi connectivity index (χ1v) is 4.98. The topological polar surface area (TPSA) is 20.7 Å². The van der Waals surface area contributed by atoms with E-state index in [2.05, 4.69) is 52.9 Å². The fourth-order valence-electron chi connectivity index (χ4n) is 1.99. The molecule has 15 heavy (non-hydrogen) atoms. The first kappa shape index (κ1) is 8.36. The summed E-state index contributed by atoms with van der Waals surface area (Å²) in [4.78, 5) is 3.27. The van der Waals surface area contributed by atoms with E-state index in [1.165, 1.54) is 16.3 Å². The predicted molar refractivity (Wildman–Crippen MR) is 63.6 cm³/mol. The molecule has 1 N–H and O–H groups in total. The number of aryl methyl sites for hydroxylation is 1. The minimum atomic E-state index is 0.931. The second-order valence-corrected chi connectivity index (χ2v) is 3.85. The van der Waals surface area contributed by atoms with E-state index in [-0.39, 0.29) is 0 Å². The number of hydrogen-bond acceptors (Lipinski definition) is 0. The number of fused-ring (bicyclic) bond motifs is 2. The van der Waals surface area contributed by atoms with Gasteiger partial charge in [0.25, 0.3) is 0 Å². The molecule has 0 aliphatic heterocycles. The number of hydrogen-bond donors (Lipinski definition) is 1. The van der Waals surface area contributed by atoms with Crippen LogP contribution in [-0.2, 0) is 7.05 Å². The van der Waals surface area contributed by atoms with E-state index in [9.17, 15) is 0 Å². The first-order valence-electron chi connectivity index (χ1n) is 4.98. The van der Waals surface area contributed by atoms with Crippen LogP contribution in [-0.4, -0.2) is 9.55 Å². The molecule has 0 saturated heterocycles. The Morgan fingerprint density at radius 2 is 1.87 bits per heavy atom. The monoisotopic (exact) mass is 196 g/mol. The molecule has 1 heterocycles. The van der Waals surface area contributed by atoms with Crippen LogP contribution in [0.4, 0.5) is 0 Å². The molecule has 0 aliphatic carbocycles. The molecule has 0 unspecified atom stereocenters. The molecule has 0 amide bonds. The summed E-state index contributed by atoms with van der Waals surface area (Å²) >= 11 is 0. The van der Waals surface area contributed by atoms with Gasteiger partial charge in [0.15, 0.2) is 0 Å². The van der Waals surface area contributed by atoms with Gasteiger partial charge in [0.2, 0.25) is 11.0 Å². The number of nitrogens with zero attached hydrogens (tertiary/aromatic N) is 1. The molecule has 1 aromatic heterocycles. The minimum absolute atomic E-state index is 0.931. The molecule has 0 spiro atoms. The third kappa shape index (κ3) is 1.11. The second-order valence-electron chi connectivity index (χ2n) is 3.85. The van der Waals surface area contributed by atoms with Crippen LogP contribution < -0.4 is 0 Å². The average Bonchev–Trinajstić information content (AvgIpc) is 2.52. The van der Waals surface area contributed by atoms with E-state index in [0.29, 0.717) is 0 Å². The van der Waals surface area contributed by atoms with Gasteiger partial charge in [-0.3, -0.25) is 11.9 Å². The van der Waals surface area contributed by atoms with E-state index in [4.69, 9.17) is 0 Å². The van der Waals surface area contributed by atoms with E-state index in [1.54, 1.807) is 0 Å². The van der Waals surface area contributed by atoms with E-state index in [0.717, 1.165) is 11.3 Å². The van der Waals surface area contributed by atoms with Gasteiger partial charge < -0.3 is 0 Å². The zero-order chi connectivity index (χ0) is 10.4. The van der Waals surface area contributed by atoms with Crippen molar-refractivity contribution in [2.24, 2.45) is 7.05 Å². The molecule has 0 bridgehead atoms. The molecule has 0 fully saturated rings. The van der Waals surface area contributed by atoms with Crippen LogP contribution >= 0.6 is 0 Å². The molecule has 0 radical (unpaired) electrons. The van der Waals surface area contributed by atoms with Crippen molar-refractivity contribution < 1.29 is 0 Å². The Morgan fingerprint density at radius 1 is 1.20 bits per heavy atom. The standard InChI is InChI=1S/C13H12N2/c1-9-14-12-7-10-5-3-4-6-11(10)8-13(12)15(9)2/h3-8,14H,1H2,2H3. The molecule has 2 aromatic carbocycles. The summed E-state index contributed by atoms with van der Waals surface area (Å²) in [6, 6.07) is 12.7. The number of H-pyrrole nitrogens is 1. The van der Waals surface area contributed by atoms with E-state index in [1.807, 2.05) is 7.05 Å². The van der Waals surface area contributed by atoms with Gasteiger partial charge in [-0.05, 0) is 10.8 Å². The van der Waals surface area contributed by atoms with E-state index >= 15 is 0 Å². The molecule has 0 saturated carbocycles. The van der Waals surface area contributed by atoms with Crippen LogP contribution in [0.25, 0.3) is 21.8 Å².